The van der Waals surface area contributed by atoms with Crippen LogP contribution in [0, 0.1) is 6.92 Å². The summed E-state index contributed by atoms with van der Waals surface area (Å²) in [6.45, 7) is 2.79. The van der Waals surface area contributed by atoms with Crippen molar-refractivity contribution in [3.05, 3.63) is 65.9 Å². The van der Waals surface area contributed by atoms with E-state index in [1.807, 2.05) is 43.3 Å². The molecule has 0 saturated heterocycles. The van der Waals surface area contributed by atoms with Gasteiger partial charge in [0.1, 0.15) is 5.75 Å². The van der Waals surface area contributed by atoms with Gasteiger partial charge in [0.2, 0.25) is 5.95 Å². The summed E-state index contributed by atoms with van der Waals surface area (Å²) in [5.41, 5.74) is 3.33. The summed E-state index contributed by atoms with van der Waals surface area (Å²) in [5.74, 6) is 2.03. The molecular weight excluding hydrogens is 314 g/mol. The minimum atomic E-state index is 0.476. The number of methoxy groups -OCH3 is 1. The monoisotopic (exact) mass is 335 g/mol. The molecule has 0 amide bonds. The van der Waals surface area contributed by atoms with Crippen molar-refractivity contribution in [1.29, 1.82) is 0 Å². The minimum Gasteiger partial charge on any atom is -0.497 e. The third-order valence-electron chi connectivity index (χ3n) is 3.83. The molecule has 6 nitrogen and oxygen atoms in total. The minimum absolute atomic E-state index is 0.476. The summed E-state index contributed by atoms with van der Waals surface area (Å²) < 4.78 is 5.17. The molecule has 0 saturated carbocycles. The zero-order valence-corrected chi connectivity index (χ0v) is 14.4. The van der Waals surface area contributed by atoms with Crippen molar-refractivity contribution in [1.82, 2.24) is 15.2 Å². The van der Waals surface area contributed by atoms with Crippen LogP contribution in [0.4, 0.5) is 17.5 Å². The molecule has 0 aliphatic rings. The number of aromatic nitrogens is 3. The molecular formula is C19H21N5O. The Morgan fingerprint density at radius 1 is 1.04 bits per heavy atom. The number of anilines is 3. The fraction of sp³-hybridized carbons (Fsp3) is 0.211. The highest BCUT2D eigenvalue weighted by atomic mass is 16.5. The van der Waals surface area contributed by atoms with Crippen LogP contribution in [0.2, 0.25) is 0 Å². The molecule has 0 unspecified atom stereocenters. The summed E-state index contributed by atoms with van der Waals surface area (Å²) in [6, 6.07) is 16.0. The van der Waals surface area contributed by atoms with Gasteiger partial charge >= 0.3 is 0 Å². The van der Waals surface area contributed by atoms with E-state index in [1.165, 1.54) is 5.56 Å². The zero-order chi connectivity index (χ0) is 17.5. The van der Waals surface area contributed by atoms with E-state index < -0.39 is 0 Å². The molecule has 6 heteroatoms. The molecule has 2 N–H and O–H groups in total. The molecule has 0 bridgehead atoms. The van der Waals surface area contributed by atoms with Crippen molar-refractivity contribution in [3.63, 3.8) is 0 Å². The van der Waals surface area contributed by atoms with Crippen LogP contribution in [0.1, 0.15) is 11.1 Å². The van der Waals surface area contributed by atoms with Crippen LogP contribution in [-0.2, 0) is 6.42 Å². The maximum Gasteiger partial charge on any atom is 0.249 e. The predicted molar refractivity (Wildman–Crippen MR) is 99.5 cm³/mol. The van der Waals surface area contributed by atoms with Gasteiger partial charge in [0.15, 0.2) is 5.82 Å². The molecule has 3 aromatic rings. The molecule has 0 spiro atoms. The van der Waals surface area contributed by atoms with Crippen LogP contribution in [0.5, 0.6) is 5.75 Å². The lowest BCUT2D eigenvalue weighted by Gasteiger charge is -2.09. The standard InChI is InChI=1S/C19H21N5O/c1-14-5-3-4-6-17(14)22-19-23-18(13-21-24-19)20-12-11-15-7-9-16(25-2)10-8-15/h3-10,13H,11-12H2,1-2H3,(H2,20,22,23,24). The quantitative estimate of drug-likeness (QED) is 0.687. The fourth-order valence-electron chi connectivity index (χ4n) is 2.40. The number of para-hydroxylation sites is 1. The van der Waals surface area contributed by atoms with Crippen molar-refractivity contribution in [3.8, 4) is 5.75 Å². The molecule has 3 rings (SSSR count). The lowest BCUT2D eigenvalue weighted by Crippen LogP contribution is -2.09. The van der Waals surface area contributed by atoms with Gasteiger partial charge in [-0.2, -0.15) is 10.1 Å². The Labute approximate surface area is 147 Å². The van der Waals surface area contributed by atoms with E-state index >= 15 is 0 Å². The number of rotatable bonds is 7. The molecule has 0 atom stereocenters. The van der Waals surface area contributed by atoms with Gasteiger partial charge < -0.3 is 15.4 Å². The number of hydrogen-bond acceptors (Lipinski definition) is 6. The summed E-state index contributed by atoms with van der Waals surface area (Å²) in [7, 11) is 1.67. The molecule has 2 aromatic carbocycles. The Hall–Kier alpha value is -3.15. The van der Waals surface area contributed by atoms with Crippen LogP contribution in [0.15, 0.2) is 54.7 Å². The summed E-state index contributed by atoms with van der Waals surface area (Å²) >= 11 is 0. The Balaban J connectivity index is 1.57. The van der Waals surface area contributed by atoms with Gasteiger partial charge in [-0.1, -0.05) is 30.3 Å². The van der Waals surface area contributed by atoms with Gasteiger partial charge in [0, 0.05) is 12.2 Å². The first-order valence-electron chi connectivity index (χ1n) is 8.14. The number of benzene rings is 2. The SMILES string of the molecule is COc1ccc(CCNc2cnnc(Nc3ccccc3C)n2)cc1. The van der Waals surface area contributed by atoms with Gasteiger partial charge in [-0.25, -0.2) is 0 Å². The van der Waals surface area contributed by atoms with E-state index in [0.717, 1.165) is 30.0 Å². The van der Waals surface area contributed by atoms with Crippen LogP contribution < -0.4 is 15.4 Å². The maximum absolute atomic E-state index is 5.17. The topological polar surface area (TPSA) is 72.0 Å². The van der Waals surface area contributed by atoms with E-state index in [4.69, 9.17) is 4.74 Å². The number of hydrogen-bond donors (Lipinski definition) is 2. The van der Waals surface area contributed by atoms with Crippen LogP contribution >= 0.6 is 0 Å². The Bertz CT molecular complexity index is 820. The zero-order valence-electron chi connectivity index (χ0n) is 14.4. The normalized spacial score (nSPS) is 10.3. The second-order valence-corrected chi connectivity index (χ2v) is 5.63. The molecule has 0 radical (unpaired) electrons. The highest BCUT2D eigenvalue weighted by Crippen LogP contribution is 2.17. The molecule has 128 valence electrons. The van der Waals surface area contributed by atoms with Gasteiger partial charge in [-0.15, -0.1) is 5.10 Å². The molecule has 25 heavy (non-hydrogen) atoms. The summed E-state index contributed by atoms with van der Waals surface area (Å²) in [4.78, 5) is 4.45. The Kier molecular flexibility index (Phi) is 5.41. The summed E-state index contributed by atoms with van der Waals surface area (Å²) in [6.07, 6.45) is 2.51. The molecule has 1 aromatic heterocycles. The Morgan fingerprint density at radius 3 is 2.60 bits per heavy atom. The van der Waals surface area contributed by atoms with Crippen molar-refractivity contribution in [2.75, 3.05) is 24.3 Å². The van der Waals surface area contributed by atoms with Crippen LogP contribution in [0.3, 0.4) is 0 Å². The van der Waals surface area contributed by atoms with Gasteiger partial charge in [-0.05, 0) is 42.7 Å². The highest BCUT2D eigenvalue weighted by Gasteiger charge is 2.03. The molecule has 0 aliphatic heterocycles. The van der Waals surface area contributed by atoms with Crippen LogP contribution in [0.25, 0.3) is 0 Å². The largest absolute Gasteiger partial charge is 0.497 e. The summed E-state index contributed by atoms with van der Waals surface area (Å²) in [5, 5.41) is 14.5. The lowest BCUT2D eigenvalue weighted by atomic mass is 10.1. The molecule has 1 heterocycles. The third kappa shape index (κ3) is 4.67. The second-order valence-electron chi connectivity index (χ2n) is 5.63. The predicted octanol–water partition coefficient (Wildman–Crippen LogP) is 3.59. The maximum atomic E-state index is 5.17. The van der Waals surface area contributed by atoms with Crippen molar-refractivity contribution >= 4 is 17.5 Å². The third-order valence-corrected chi connectivity index (χ3v) is 3.83. The molecule has 0 aliphatic carbocycles. The number of nitrogens with zero attached hydrogens (tertiary/aromatic N) is 3. The smallest absolute Gasteiger partial charge is 0.249 e. The highest BCUT2D eigenvalue weighted by molar-refractivity contribution is 5.58. The van der Waals surface area contributed by atoms with E-state index in [2.05, 4.69) is 37.9 Å². The first-order chi connectivity index (χ1) is 12.2. The van der Waals surface area contributed by atoms with Gasteiger partial charge in [0.25, 0.3) is 0 Å². The fourth-order valence-corrected chi connectivity index (χ4v) is 2.40. The molecule has 0 fully saturated rings. The first kappa shape index (κ1) is 16.7. The Morgan fingerprint density at radius 2 is 1.84 bits per heavy atom. The van der Waals surface area contributed by atoms with Crippen molar-refractivity contribution < 1.29 is 4.74 Å². The van der Waals surface area contributed by atoms with Crippen molar-refractivity contribution in [2.45, 2.75) is 13.3 Å². The number of aryl methyl sites for hydroxylation is 1. The van der Waals surface area contributed by atoms with Gasteiger partial charge in [0.05, 0.1) is 13.3 Å². The average Bonchev–Trinajstić information content (AvgIpc) is 2.65. The number of ether oxygens (including phenoxy) is 1. The first-order valence-corrected chi connectivity index (χ1v) is 8.14. The number of nitrogens with one attached hydrogen (secondary N) is 2. The second kappa shape index (κ2) is 8.10. The van der Waals surface area contributed by atoms with Crippen LogP contribution in [-0.4, -0.2) is 28.8 Å². The van der Waals surface area contributed by atoms with Crippen molar-refractivity contribution in [2.24, 2.45) is 0 Å². The van der Waals surface area contributed by atoms with E-state index in [9.17, 15) is 0 Å². The van der Waals surface area contributed by atoms with E-state index in [1.54, 1.807) is 13.3 Å². The van der Waals surface area contributed by atoms with Gasteiger partial charge in [-0.3, -0.25) is 0 Å². The average molecular weight is 335 g/mol. The van der Waals surface area contributed by atoms with E-state index in [0.29, 0.717) is 11.8 Å². The van der Waals surface area contributed by atoms with E-state index in [-0.39, 0.29) is 0 Å². The lowest BCUT2D eigenvalue weighted by molar-refractivity contribution is 0.414.